The van der Waals surface area contributed by atoms with Crippen LogP contribution in [0.25, 0.3) is 11.5 Å². The number of rotatable bonds is 5. The van der Waals surface area contributed by atoms with Crippen LogP contribution in [-0.2, 0) is 24.2 Å². The summed E-state index contributed by atoms with van der Waals surface area (Å²) in [6, 6.07) is 7.81. The lowest BCUT2D eigenvalue weighted by atomic mass is 10.1. The van der Waals surface area contributed by atoms with Crippen LogP contribution < -0.4 is 4.74 Å². The monoisotopic (exact) mass is 424 g/mol. The predicted octanol–water partition coefficient (Wildman–Crippen LogP) is 2.47. The molecular formula is C20H20N6O3S. The van der Waals surface area contributed by atoms with E-state index in [1.165, 1.54) is 0 Å². The summed E-state index contributed by atoms with van der Waals surface area (Å²) in [6.45, 7) is 1.93. The number of aromatic nitrogens is 5. The van der Waals surface area contributed by atoms with Crippen LogP contribution in [0.3, 0.4) is 0 Å². The third-order valence-corrected chi connectivity index (χ3v) is 6.42. The van der Waals surface area contributed by atoms with Crippen molar-refractivity contribution in [1.29, 1.82) is 0 Å². The molecule has 1 atom stereocenters. The molecule has 10 heteroatoms. The zero-order chi connectivity index (χ0) is 20.8. The van der Waals surface area contributed by atoms with Crippen LogP contribution in [0, 0.1) is 0 Å². The Morgan fingerprint density at radius 3 is 2.80 bits per heavy atom. The Morgan fingerprint density at radius 2 is 2.07 bits per heavy atom. The molecule has 5 rings (SSSR count). The van der Waals surface area contributed by atoms with Crippen molar-refractivity contribution >= 4 is 23.4 Å². The van der Waals surface area contributed by atoms with Gasteiger partial charge in [-0.25, -0.2) is 0 Å². The molecule has 2 aromatic heterocycles. The lowest BCUT2D eigenvalue weighted by Gasteiger charge is -2.20. The molecule has 3 aromatic rings. The highest BCUT2D eigenvalue weighted by Crippen LogP contribution is 2.36. The van der Waals surface area contributed by atoms with E-state index in [0.29, 0.717) is 16.7 Å². The van der Waals surface area contributed by atoms with Gasteiger partial charge in [-0.2, -0.15) is 14.9 Å². The number of thioether (sulfide) groups is 1. The third kappa shape index (κ3) is 3.07. The van der Waals surface area contributed by atoms with Gasteiger partial charge in [-0.3, -0.25) is 9.48 Å². The highest BCUT2D eigenvalue weighted by atomic mass is 32.2. The predicted molar refractivity (Wildman–Crippen MR) is 111 cm³/mol. The number of hydrogen-bond donors (Lipinski definition) is 1. The van der Waals surface area contributed by atoms with Gasteiger partial charge in [-0.15, -0.1) is 10.2 Å². The quantitative estimate of drug-likeness (QED) is 0.670. The molecule has 0 radical (unpaired) electrons. The number of fused-ring (bicyclic) bond motifs is 2. The lowest BCUT2D eigenvalue weighted by Crippen LogP contribution is -2.21. The van der Waals surface area contributed by atoms with E-state index in [1.54, 1.807) is 28.2 Å². The summed E-state index contributed by atoms with van der Waals surface area (Å²) < 4.78 is 8.56. The molecule has 1 aliphatic carbocycles. The fourth-order valence-corrected chi connectivity index (χ4v) is 4.91. The van der Waals surface area contributed by atoms with Crippen molar-refractivity contribution in [3.63, 3.8) is 0 Å². The minimum atomic E-state index is -0.911. The summed E-state index contributed by atoms with van der Waals surface area (Å²) in [5, 5.41) is 28.2. The van der Waals surface area contributed by atoms with Gasteiger partial charge in [-0.05, 0) is 56.0 Å². The van der Waals surface area contributed by atoms with Crippen LogP contribution >= 0.6 is 11.8 Å². The van der Waals surface area contributed by atoms with Gasteiger partial charge >= 0.3 is 5.97 Å². The van der Waals surface area contributed by atoms with Gasteiger partial charge in [0.05, 0.1) is 18.1 Å². The second-order valence-electron chi connectivity index (χ2n) is 7.27. The van der Waals surface area contributed by atoms with E-state index in [2.05, 4.69) is 22.2 Å². The molecule has 0 bridgehead atoms. The average Bonchev–Trinajstić information content (AvgIpc) is 3.44. The van der Waals surface area contributed by atoms with Gasteiger partial charge in [0.2, 0.25) is 11.0 Å². The molecule has 1 unspecified atom stereocenters. The van der Waals surface area contributed by atoms with Gasteiger partial charge in [0.25, 0.3) is 0 Å². The standard InChI is InChI=1S/C20H20N6O3S/c1-11-17(12-6-8-13(29-2)9-7-12)24-26-19(21-22-20(26)30-11)18-14-4-3-5-15(14)25(23-18)10-16(27)28/h6-9,11H,3-5,10H2,1-2H3,(H,27,28). The van der Waals surface area contributed by atoms with Crippen molar-refractivity contribution in [1.82, 2.24) is 24.7 Å². The van der Waals surface area contributed by atoms with Crippen LogP contribution in [0.2, 0.25) is 0 Å². The Morgan fingerprint density at radius 1 is 1.27 bits per heavy atom. The number of methoxy groups -OCH3 is 1. The molecule has 1 aliphatic heterocycles. The number of nitrogens with zero attached hydrogens (tertiary/aromatic N) is 6. The van der Waals surface area contributed by atoms with E-state index in [9.17, 15) is 9.90 Å². The van der Waals surface area contributed by atoms with E-state index in [4.69, 9.17) is 9.84 Å². The fourth-order valence-electron chi connectivity index (χ4n) is 3.98. The van der Waals surface area contributed by atoms with Crippen molar-refractivity contribution in [2.24, 2.45) is 5.10 Å². The molecule has 0 saturated heterocycles. The van der Waals surface area contributed by atoms with Crippen molar-refractivity contribution in [2.75, 3.05) is 7.11 Å². The van der Waals surface area contributed by atoms with E-state index in [-0.39, 0.29) is 11.8 Å². The van der Waals surface area contributed by atoms with Gasteiger partial charge in [-0.1, -0.05) is 11.8 Å². The number of benzene rings is 1. The summed E-state index contributed by atoms with van der Waals surface area (Å²) in [4.78, 5) is 11.3. The minimum absolute atomic E-state index is 0.109. The zero-order valence-corrected chi connectivity index (χ0v) is 17.4. The summed E-state index contributed by atoms with van der Waals surface area (Å²) in [5.41, 5.74) is 4.62. The maximum atomic E-state index is 11.3. The Hall–Kier alpha value is -3.14. The third-order valence-electron chi connectivity index (χ3n) is 5.38. The molecular weight excluding hydrogens is 404 g/mol. The largest absolute Gasteiger partial charge is 0.497 e. The van der Waals surface area contributed by atoms with E-state index >= 15 is 0 Å². The Balaban J connectivity index is 1.59. The lowest BCUT2D eigenvalue weighted by molar-refractivity contribution is -0.137. The fraction of sp³-hybridized carbons (Fsp3) is 0.350. The molecule has 154 valence electrons. The Labute approximate surface area is 176 Å². The topological polar surface area (TPSA) is 107 Å². The van der Waals surface area contributed by atoms with Crippen LogP contribution in [0.15, 0.2) is 34.5 Å². The molecule has 0 spiro atoms. The highest BCUT2D eigenvalue weighted by Gasteiger charge is 2.31. The number of carboxylic acids is 1. The molecule has 1 aromatic carbocycles. The molecule has 3 heterocycles. The Bertz CT molecular complexity index is 1160. The number of carbonyl (C=O) groups is 1. The van der Waals surface area contributed by atoms with Gasteiger partial charge in [0, 0.05) is 11.3 Å². The van der Waals surface area contributed by atoms with Crippen LogP contribution in [0.5, 0.6) is 5.75 Å². The van der Waals surface area contributed by atoms with E-state index in [0.717, 1.165) is 47.5 Å². The second kappa shape index (κ2) is 7.28. The maximum Gasteiger partial charge on any atom is 0.325 e. The zero-order valence-electron chi connectivity index (χ0n) is 16.6. The Kier molecular flexibility index (Phi) is 4.58. The summed E-state index contributed by atoms with van der Waals surface area (Å²) in [5.74, 6) is 0.435. The number of carboxylic acid groups (broad SMARTS) is 1. The molecule has 0 saturated carbocycles. The summed E-state index contributed by atoms with van der Waals surface area (Å²) in [6.07, 6.45) is 2.65. The second-order valence-corrected chi connectivity index (χ2v) is 8.58. The molecule has 0 fully saturated rings. The van der Waals surface area contributed by atoms with Crippen molar-refractivity contribution in [2.45, 2.75) is 43.1 Å². The van der Waals surface area contributed by atoms with Gasteiger partial charge in [0.15, 0.2) is 0 Å². The maximum absolute atomic E-state index is 11.3. The van der Waals surface area contributed by atoms with Gasteiger partial charge in [0.1, 0.15) is 18.0 Å². The highest BCUT2D eigenvalue weighted by molar-refractivity contribution is 8.00. The van der Waals surface area contributed by atoms with Crippen molar-refractivity contribution < 1.29 is 14.6 Å². The van der Waals surface area contributed by atoms with Crippen molar-refractivity contribution in [3.8, 4) is 17.3 Å². The van der Waals surface area contributed by atoms with Crippen LogP contribution in [0.1, 0.15) is 30.2 Å². The van der Waals surface area contributed by atoms with Gasteiger partial charge < -0.3 is 9.84 Å². The minimum Gasteiger partial charge on any atom is -0.497 e. The van der Waals surface area contributed by atoms with E-state index < -0.39 is 5.97 Å². The number of ether oxygens (including phenoxy) is 1. The van der Waals surface area contributed by atoms with Crippen molar-refractivity contribution in [3.05, 3.63) is 41.1 Å². The number of aliphatic carboxylic acids is 1. The first-order valence-corrected chi connectivity index (χ1v) is 10.6. The smallest absolute Gasteiger partial charge is 0.325 e. The normalized spacial score (nSPS) is 17.4. The molecule has 30 heavy (non-hydrogen) atoms. The van der Waals surface area contributed by atoms with Crippen LogP contribution in [0.4, 0.5) is 0 Å². The SMILES string of the molecule is COc1ccc(C2=Nn3c(nnc3-c3nn(CC(=O)O)c4c3CCC4)SC2C)cc1. The molecule has 2 aliphatic rings. The van der Waals surface area contributed by atoms with Crippen LogP contribution in [-0.4, -0.2) is 53.8 Å². The van der Waals surface area contributed by atoms with E-state index in [1.807, 2.05) is 24.3 Å². The first kappa shape index (κ1) is 18.9. The molecule has 9 nitrogen and oxygen atoms in total. The first-order chi connectivity index (χ1) is 14.5. The molecule has 1 N–H and O–H groups in total. The summed E-state index contributed by atoms with van der Waals surface area (Å²) >= 11 is 1.59. The number of hydrogen-bond acceptors (Lipinski definition) is 7. The summed E-state index contributed by atoms with van der Waals surface area (Å²) in [7, 11) is 1.64. The molecule has 0 amide bonds. The first-order valence-electron chi connectivity index (χ1n) is 9.71. The average molecular weight is 424 g/mol.